The first-order valence-electron chi connectivity index (χ1n) is 6.84. The van der Waals surface area contributed by atoms with E-state index in [1.54, 1.807) is 19.2 Å². The molecule has 1 amide bonds. The molecule has 0 aliphatic carbocycles. The van der Waals surface area contributed by atoms with Crippen LogP contribution in [0.3, 0.4) is 0 Å². The van der Waals surface area contributed by atoms with Crippen LogP contribution in [0.1, 0.15) is 15.9 Å². The summed E-state index contributed by atoms with van der Waals surface area (Å²) in [7, 11) is 1.57. The van der Waals surface area contributed by atoms with E-state index < -0.39 is 0 Å². The van der Waals surface area contributed by atoms with Crippen molar-refractivity contribution in [3.05, 3.63) is 65.7 Å². The number of carbonyl (C=O) groups excluding carboxylic acids is 1. The number of ether oxygens (including phenoxy) is 1. The molecule has 0 spiro atoms. The summed E-state index contributed by atoms with van der Waals surface area (Å²) >= 11 is 1.81. The van der Waals surface area contributed by atoms with Gasteiger partial charge in [-0.3, -0.25) is 4.79 Å². The van der Waals surface area contributed by atoms with Gasteiger partial charge in [-0.25, -0.2) is 0 Å². The summed E-state index contributed by atoms with van der Waals surface area (Å²) in [4.78, 5) is 12.1. The molecule has 0 saturated carbocycles. The highest BCUT2D eigenvalue weighted by molar-refractivity contribution is 7.98. The maximum atomic E-state index is 12.1. The summed E-state index contributed by atoms with van der Waals surface area (Å²) in [6.07, 6.45) is 0. The average Bonchev–Trinajstić information content (AvgIpc) is 2.55. The second kappa shape index (κ2) is 8.37. The molecule has 0 heterocycles. The molecule has 0 aliphatic heterocycles. The number of methoxy groups -OCH3 is 1. The zero-order chi connectivity index (χ0) is 14.9. The third kappa shape index (κ3) is 4.83. The van der Waals surface area contributed by atoms with Gasteiger partial charge in [0.05, 0.1) is 12.7 Å². The number of hydrogen-bond donors (Lipinski definition) is 1. The van der Waals surface area contributed by atoms with E-state index in [1.165, 1.54) is 5.56 Å². The molecule has 2 rings (SSSR count). The fourth-order valence-electron chi connectivity index (χ4n) is 1.93. The standard InChI is InChI=1S/C17H19NO2S/c1-20-16-10-6-5-9-15(16)17(19)18-11-12-21-13-14-7-3-2-4-8-14/h2-10H,11-13H2,1H3,(H,18,19). The van der Waals surface area contributed by atoms with Gasteiger partial charge in [-0.2, -0.15) is 11.8 Å². The predicted octanol–water partition coefficient (Wildman–Crippen LogP) is 3.36. The lowest BCUT2D eigenvalue weighted by Crippen LogP contribution is -2.26. The molecule has 0 aromatic heterocycles. The first kappa shape index (κ1) is 15.4. The molecule has 0 aliphatic rings. The van der Waals surface area contributed by atoms with E-state index >= 15 is 0 Å². The molecular formula is C17H19NO2S. The van der Waals surface area contributed by atoms with E-state index in [0.717, 1.165) is 11.5 Å². The summed E-state index contributed by atoms with van der Waals surface area (Å²) < 4.78 is 5.19. The number of amides is 1. The molecule has 1 N–H and O–H groups in total. The molecule has 4 heteroatoms. The van der Waals surface area contributed by atoms with E-state index in [9.17, 15) is 4.79 Å². The van der Waals surface area contributed by atoms with Gasteiger partial charge in [-0.15, -0.1) is 0 Å². The third-order valence-electron chi connectivity index (χ3n) is 3.00. The highest BCUT2D eigenvalue weighted by atomic mass is 32.2. The van der Waals surface area contributed by atoms with E-state index in [4.69, 9.17) is 4.74 Å². The zero-order valence-corrected chi connectivity index (χ0v) is 12.9. The van der Waals surface area contributed by atoms with Crippen molar-refractivity contribution in [2.75, 3.05) is 19.4 Å². The third-order valence-corrected chi connectivity index (χ3v) is 4.03. The molecule has 110 valence electrons. The molecule has 0 unspecified atom stereocenters. The molecule has 2 aromatic carbocycles. The van der Waals surface area contributed by atoms with Gasteiger partial charge in [-0.1, -0.05) is 42.5 Å². The molecule has 21 heavy (non-hydrogen) atoms. The van der Waals surface area contributed by atoms with Crippen molar-refractivity contribution in [1.82, 2.24) is 5.32 Å². The van der Waals surface area contributed by atoms with Gasteiger partial charge in [-0.05, 0) is 17.7 Å². The van der Waals surface area contributed by atoms with Crippen LogP contribution >= 0.6 is 11.8 Å². The van der Waals surface area contributed by atoms with Gasteiger partial charge in [0.25, 0.3) is 5.91 Å². The predicted molar refractivity (Wildman–Crippen MR) is 87.9 cm³/mol. The minimum absolute atomic E-state index is 0.0900. The van der Waals surface area contributed by atoms with Gasteiger partial charge in [0.1, 0.15) is 5.75 Å². The van der Waals surface area contributed by atoms with Crippen LogP contribution in [-0.2, 0) is 5.75 Å². The van der Waals surface area contributed by atoms with Crippen LogP contribution in [0.5, 0.6) is 5.75 Å². The molecular weight excluding hydrogens is 282 g/mol. The lowest BCUT2D eigenvalue weighted by molar-refractivity contribution is 0.0953. The van der Waals surface area contributed by atoms with E-state index in [2.05, 4.69) is 17.4 Å². The van der Waals surface area contributed by atoms with Crippen molar-refractivity contribution in [1.29, 1.82) is 0 Å². The van der Waals surface area contributed by atoms with E-state index in [-0.39, 0.29) is 5.91 Å². The molecule has 3 nitrogen and oxygen atoms in total. The molecule has 0 atom stereocenters. The first-order valence-corrected chi connectivity index (χ1v) is 7.99. The summed E-state index contributed by atoms with van der Waals surface area (Å²) in [5, 5.41) is 2.92. The van der Waals surface area contributed by atoms with Crippen LogP contribution in [-0.4, -0.2) is 25.3 Å². The highest BCUT2D eigenvalue weighted by Crippen LogP contribution is 2.17. The summed E-state index contributed by atoms with van der Waals surface area (Å²) in [5.41, 5.74) is 1.88. The fraction of sp³-hybridized carbons (Fsp3) is 0.235. The Morgan fingerprint density at radius 1 is 1.10 bits per heavy atom. The molecule has 0 saturated heterocycles. The topological polar surface area (TPSA) is 38.3 Å². The Labute approximate surface area is 129 Å². The number of para-hydroxylation sites is 1. The van der Waals surface area contributed by atoms with Crippen molar-refractivity contribution >= 4 is 17.7 Å². The Bertz CT molecular complexity index is 572. The number of benzene rings is 2. The van der Waals surface area contributed by atoms with Gasteiger partial charge in [0, 0.05) is 18.1 Å². The highest BCUT2D eigenvalue weighted by Gasteiger charge is 2.10. The second-order valence-electron chi connectivity index (χ2n) is 4.49. The summed E-state index contributed by atoms with van der Waals surface area (Å²) in [6.45, 7) is 0.647. The lowest BCUT2D eigenvalue weighted by atomic mass is 10.2. The first-order chi connectivity index (χ1) is 10.3. The number of nitrogens with one attached hydrogen (secondary N) is 1. The zero-order valence-electron chi connectivity index (χ0n) is 12.0. The Hall–Kier alpha value is -1.94. The Balaban J connectivity index is 1.72. The van der Waals surface area contributed by atoms with Gasteiger partial charge >= 0.3 is 0 Å². The Morgan fingerprint density at radius 2 is 1.81 bits per heavy atom. The monoisotopic (exact) mass is 301 g/mol. The van der Waals surface area contributed by atoms with Crippen molar-refractivity contribution < 1.29 is 9.53 Å². The second-order valence-corrected chi connectivity index (χ2v) is 5.60. The Morgan fingerprint density at radius 3 is 2.57 bits per heavy atom. The number of thioether (sulfide) groups is 1. The van der Waals surface area contributed by atoms with Crippen molar-refractivity contribution in [3.8, 4) is 5.75 Å². The van der Waals surface area contributed by atoms with Crippen LogP contribution in [0, 0.1) is 0 Å². The number of rotatable bonds is 7. The van der Waals surface area contributed by atoms with Crippen LogP contribution in [0.2, 0.25) is 0 Å². The van der Waals surface area contributed by atoms with Crippen LogP contribution in [0.15, 0.2) is 54.6 Å². The number of carbonyl (C=O) groups is 1. The van der Waals surface area contributed by atoms with Crippen LogP contribution < -0.4 is 10.1 Å². The maximum Gasteiger partial charge on any atom is 0.255 e. The number of hydrogen-bond acceptors (Lipinski definition) is 3. The molecule has 0 radical (unpaired) electrons. The summed E-state index contributed by atoms with van der Waals surface area (Å²) in [6, 6.07) is 17.6. The van der Waals surface area contributed by atoms with Crippen molar-refractivity contribution in [3.63, 3.8) is 0 Å². The Kier molecular flexibility index (Phi) is 6.16. The summed E-state index contributed by atoms with van der Waals surface area (Å²) in [5.74, 6) is 2.36. The quantitative estimate of drug-likeness (QED) is 0.797. The largest absolute Gasteiger partial charge is 0.496 e. The van der Waals surface area contributed by atoms with Gasteiger partial charge in [0.2, 0.25) is 0 Å². The SMILES string of the molecule is COc1ccccc1C(=O)NCCSCc1ccccc1. The molecule has 0 bridgehead atoms. The molecule has 2 aromatic rings. The minimum Gasteiger partial charge on any atom is -0.496 e. The average molecular weight is 301 g/mol. The van der Waals surface area contributed by atoms with Crippen LogP contribution in [0.4, 0.5) is 0 Å². The molecule has 0 fully saturated rings. The van der Waals surface area contributed by atoms with Crippen molar-refractivity contribution in [2.45, 2.75) is 5.75 Å². The minimum atomic E-state index is -0.0900. The maximum absolute atomic E-state index is 12.1. The van der Waals surface area contributed by atoms with Gasteiger partial charge in [0.15, 0.2) is 0 Å². The lowest BCUT2D eigenvalue weighted by Gasteiger charge is -2.09. The van der Waals surface area contributed by atoms with Gasteiger partial charge < -0.3 is 10.1 Å². The van der Waals surface area contributed by atoms with E-state index in [1.807, 2.05) is 42.1 Å². The fourth-order valence-corrected chi connectivity index (χ4v) is 2.75. The normalized spacial score (nSPS) is 10.1. The van der Waals surface area contributed by atoms with E-state index in [0.29, 0.717) is 17.9 Å². The smallest absolute Gasteiger partial charge is 0.255 e. The van der Waals surface area contributed by atoms with Crippen LogP contribution in [0.25, 0.3) is 0 Å². The van der Waals surface area contributed by atoms with Crippen molar-refractivity contribution in [2.24, 2.45) is 0 Å².